The van der Waals surface area contributed by atoms with Crippen LogP contribution in [0.3, 0.4) is 0 Å². The number of hydrogen-bond acceptors (Lipinski definition) is 3. The van der Waals surface area contributed by atoms with Gasteiger partial charge in [0.2, 0.25) is 0 Å². The minimum atomic E-state index is -3.13. The third-order valence-electron chi connectivity index (χ3n) is 2.23. The summed E-state index contributed by atoms with van der Waals surface area (Å²) in [4.78, 5) is 11.9. The zero-order chi connectivity index (χ0) is 14.7. The lowest BCUT2D eigenvalue weighted by Gasteiger charge is -2.11. The van der Waals surface area contributed by atoms with Crippen molar-refractivity contribution in [3.05, 3.63) is 39.5 Å². The number of alkyl halides is 2. The van der Waals surface area contributed by atoms with Crippen molar-refractivity contribution in [1.82, 2.24) is 10.2 Å². The van der Waals surface area contributed by atoms with Gasteiger partial charge in [0.05, 0.1) is 15.5 Å². The minimum absolute atomic E-state index is 0.0675. The molecular weight excluding hydrogens is 390 g/mol. The van der Waals surface area contributed by atoms with Crippen molar-refractivity contribution in [1.29, 1.82) is 0 Å². The van der Waals surface area contributed by atoms with E-state index in [0.717, 1.165) is 18.2 Å². The van der Waals surface area contributed by atoms with Crippen molar-refractivity contribution in [2.45, 2.75) is 6.61 Å². The Labute approximate surface area is 124 Å². The molecule has 20 heavy (non-hydrogen) atoms. The molecular formula is C11H7F3IN3O2. The summed E-state index contributed by atoms with van der Waals surface area (Å²) in [7, 11) is 0. The number of halogens is 4. The van der Waals surface area contributed by atoms with Gasteiger partial charge in [-0.25, -0.2) is 4.39 Å². The summed E-state index contributed by atoms with van der Waals surface area (Å²) in [6.45, 7) is -3.13. The highest BCUT2D eigenvalue weighted by Gasteiger charge is 2.16. The van der Waals surface area contributed by atoms with E-state index in [1.807, 2.05) is 22.6 Å². The Morgan fingerprint density at radius 3 is 2.80 bits per heavy atom. The van der Waals surface area contributed by atoms with Gasteiger partial charge in [0.1, 0.15) is 11.5 Å². The lowest BCUT2D eigenvalue weighted by molar-refractivity contribution is -0.0495. The van der Waals surface area contributed by atoms with Gasteiger partial charge in [-0.05, 0) is 34.7 Å². The van der Waals surface area contributed by atoms with E-state index in [2.05, 4.69) is 20.3 Å². The summed E-state index contributed by atoms with van der Waals surface area (Å²) >= 11 is 1.88. The third-order valence-corrected chi connectivity index (χ3v) is 3.05. The number of anilines is 1. The lowest BCUT2D eigenvalue weighted by atomic mass is 10.2. The molecule has 0 saturated carbocycles. The van der Waals surface area contributed by atoms with E-state index < -0.39 is 24.1 Å². The Kier molecular flexibility index (Phi) is 4.47. The van der Waals surface area contributed by atoms with Crippen LogP contribution in [0.5, 0.6) is 5.75 Å². The Balaban J connectivity index is 2.25. The van der Waals surface area contributed by atoms with E-state index in [9.17, 15) is 18.0 Å². The van der Waals surface area contributed by atoms with Gasteiger partial charge >= 0.3 is 6.61 Å². The number of aromatic amines is 1. The van der Waals surface area contributed by atoms with Crippen molar-refractivity contribution in [3.8, 4) is 5.75 Å². The molecule has 0 radical (unpaired) electrons. The number of H-pyrrole nitrogens is 1. The van der Waals surface area contributed by atoms with Crippen LogP contribution in [0.1, 0.15) is 10.5 Å². The molecule has 1 heterocycles. The maximum absolute atomic E-state index is 13.0. The largest absolute Gasteiger partial charge is 0.432 e. The van der Waals surface area contributed by atoms with E-state index in [-0.39, 0.29) is 11.4 Å². The van der Waals surface area contributed by atoms with Gasteiger partial charge in [0, 0.05) is 6.07 Å². The fourth-order valence-corrected chi connectivity index (χ4v) is 1.91. The standard InChI is InChI=1S/C11H7F3IN3O2/c12-5-1-2-7(8(3-5)20-11(13)14)17-10(19)9-6(15)4-16-18-9/h1-4,11H,(H,16,18)(H,17,19). The number of amides is 1. The number of hydrogen-bond donors (Lipinski definition) is 2. The van der Waals surface area contributed by atoms with Gasteiger partial charge in [0.15, 0.2) is 5.75 Å². The second kappa shape index (κ2) is 6.11. The highest BCUT2D eigenvalue weighted by atomic mass is 127. The Hall–Kier alpha value is -1.78. The lowest BCUT2D eigenvalue weighted by Crippen LogP contribution is -2.15. The SMILES string of the molecule is O=C(Nc1ccc(F)cc1OC(F)F)c1[nH]ncc1I. The molecule has 5 nitrogen and oxygen atoms in total. The Bertz CT molecular complexity index is 633. The second-order valence-electron chi connectivity index (χ2n) is 3.57. The summed E-state index contributed by atoms with van der Waals surface area (Å²) in [5.41, 5.74) is 0.0972. The number of ether oxygens (including phenoxy) is 1. The molecule has 0 aliphatic heterocycles. The fraction of sp³-hybridized carbons (Fsp3) is 0.0909. The summed E-state index contributed by atoms with van der Waals surface area (Å²) in [5, 5.41) is 8.48. The summed E-state index contributed by atoms with van der Waals surface area (Å²) in [5.74, 6) is -1.81. The average molecular weight is 397 g/mol. The molecule has 2 rings (SSSR count). The first kappa shape index (κ1) is 14.6. The number of aromatic nitrogens is 2. The second-order valence-corrected chi connectivity index (χ2v) is 4.73. The molecule has 0 aliphatic carbocycles. The molecule has 0 bridgehead atoms. The van der Waals surface area contributed by atoms with Crippen LogP contribution in [0.2, 0.25) is 0 Å². The predicted octanol–water partition coefficient (Wildman–Crippen LogP) is 3.01. The highest BCUT2D eigenvalue weighted by Crippen LogP contribution is 2.27. The first-order chi connectivity index (χ1) is 9.47. The van der Waals surface area contributed by atoms with Crippen LogP contribution in [0.25, 0.3) is 0 Å². The van der Waals surface area contributed by atoms with Crippen molar-refractivity contribution >= 4 is 34.2 Å². The normalized spacial score (nSPS) is 10.7. The van der Waals surface area contributed by atoms with Crippen molar-refractivity contribution in [2.75, 3.05) is 5.32 Å². The molecule has 0 saturated heterocycles. The number of carbonyl (C=O) groups excluding carboxylic acids is 1. The predicted molar refractivity (Wildman–Crippen MR) is 72.3 cm³/mol. The molecule has 1 aromatic heterocycles. The van der Waals surface area contributed by atoms with Crippen LogP contribution < -0.4 is 10.1 Å². The Morgan fingerprint density at radius 1 is 1.45 bits per heavy atom. The maximum atomic E-state index is 13.0. The Morgan fingerprint density at radius 2 is 2.20 bits per heavy atom. The molecule has 1 amide bonds. The van der Waals surface area contributed by atoms with Crippen LogP contribution in [-0.2, 0) is 0 Å². The van der Waals surface area contributed by atoms with Crippen LogP contribution in [0, 0.1) is 9.39 Å². The quantitative estimate of drug-likeness (QED) is 0.780. The first-order valence-electron chi connectivity index (χ1n) is 5.22. The van der Waals surface area contributed by atoms with E-state index >= 15 is 0 Å². The van der Waals surface area contributed by atoms with E-state index in [1.54, 1.807) is 0 Å². The van der Waals surface area contributed by atoms with E-state index in [4.69, 9.17) is 0 Å². The average Bonchev–Trinajstić information content (AvgIpc) is 2.78. The third kappa shape index (κ3) is 3.40. The number of nitrogens with one attached hydrogen (secondary N) is 2. The van der Waals surface area contributed by atoms with E-state index in [0.29, 0.717) is 3.57 Å². The highest BCUT2D eigenvalue weighted by molar-refractivity contribution is 14.1. The number of benzene rings is 1. The smallest absolute Gasteiger partial charge is 0.387 e. The van der Waals surface area contributed by atoms with Gasteiger partial charge in [-0.2, -0.15) is 13.9 Å². The molecule has 2 aromatic rings. The summed E-state index contributed by atoms with van der Waals surface area (Å²) in [6, 6.07) is 2.92. The molecule has 0 fully saturated rings. The van der Waals surface area contributed by atoms with Crippen LogP contribution in [0.4, 0.5) is 18.9 Å². The van der Waals surface area contributed by atoms with Crippen LogP contribution in [-0.4, -0.2) is 22.7 Å². The zero-order valence-corrected chi connectivity index (χ0v) is 11.8. The maximum Gasteiger partial charge on any atom is 0.387 e. The van der Waals surface area contributed by atoms with Crippen molar-refractivity contribution in [2.24, 2.45) is 0 Å². The minimum Gasteiger partial charge on any atom is -0.432 e. The van der Waals surface area contributed by atoms with Gasteiger partial charge in [-0.1, -0.05) is 0 Å². The zero-order valence-electron chi connectivity index (χ0n) is 9.66. The fourth-order valence-electron chi connectivity index (χ4n) is 1.41. The van der Waals surface area contributed by atoms with Crippen molar-refractivity contribution < 1.29 is 22.7 Å². The molecule has 106 valence electrons. The molecule has 2 N–H and O–H groups in total. The van der Waals surface area contributed by atoms with Crippen molar-refractivity contribution in [3.63, 3.8) is 0 Å². The number of rotatable bonds is 4. The molecule has 0 aliphatic rings. The molecule has 9 heteroatoms. The van der Waals surface area contributed by atoms with Crippen LogP contribution >= 0.6 is 22.6 Å². The topological polar surface area (TPSA) is 67.0 Å². The van der Waals surface area contributed by atoms with Gasteiger partial charge in [-0.3, -0.25) is 9.89 Å². The summed E-state index contributed by atoms with van der Waals surface area (Å²) < 4.78 is 42.2. The van der Waals surface area contributed by atoms with Crippen LogP contribution in [0.15, 0.2) is 24.4 Å². The molecule has 1 aromatic carbocycles. The molecule has 0 atom stereocenters. The molecule has 0 unspecified atom stereocenters. The summed E-state index contributed by atoms with van der Waals surface area (Å²) in [6.07, 6.45) is 1.43. The molecule has 0 spiro atoms. The van der Waals surface area contributed by atoms with Gasteiger partial charge in [0.25, 0.3) is 5.91 Å². The van der Waals surface area contributed by atoms with E-state index in [1.165, 1.54) is 6.20 Å². The van der Waals surface area contributed by atoms with Gasteiger partial charge in [-0.15, -0.1) is 0 Å². The number of carbonyl (C=O) groups is 1. The number of nitrogens with zero attached hydrogens (tertiary/aromatic N) is 1. The van der Waals surface area contributed by atoms with Gasteiger partial charge < -0.3 is 10.1 Å². The monoisotopic (exact) mass is 397 g/mol. The first-order valence-corrected chi connectivity index (χ1v) is 6.30.